The number of carbonyl (C=O) groups excluding carboxylic acids is 1. The molecule has 0 spiro atoms. The number of furan rings is 1. The minimum absolute atomic E-state index is 0.00392. The molecule has 0 unspecified atom stereocenters. The maximum Gasteiger partial charge on any atom is 0.257 e. The Morgan fingerprint density at radius 3 is 2.62 bits per heavy atom. The number of aryl methyl sites for hydroxylation is 1. The Balaban J connectivity index is 1.61. The third-order valence-electron chi connectivity index (χ3n) is 4.39. The van der Waals surface area contributed by atoms with Gasteiger partial charge in [-0.15, -0.1) is 0 Å². The lowest BCUT2D eigenvalue weighted by Gasteiger charge is -2.34. The lowest BCUT2D eigenvalue weighted by atomic mass is 10.1. The van der Waals surface area contributed by atoms with Gasteiger partial charge in [-0.2, -0.15) is 0 Å². The second-order valence-electron chi connectivity index (χ2n) is 5.91. The summed E-state index contributed by atoms with van der Waals surface area (Å²) < 4.78 is 24.0. The van der Waals surface area contributed by atoms with E-state index in [1.54, 1.807) is 26.2 Å². The lowest BCUT2D eigenvalue weighted by molar-refractivity contribution is 0.0625. The fraction of sp³-hybridized carbons (Fsp3) is 0.389. The normalized spacial score (nSPS) is 15.5. The number of benzene rings is 1. The maximum absolute atomic E-state index is 13.5. The van der Waals surface area contributed by atoms with Crippen LogP contribution >= 0.6 is 0 Å². The molecular weight excluding hydrogens is 311 g/mol. The maximum atomic E-state index is 13.5. The zero-order valence-electron chi connectivity index (χ0n) is 13.9. The second-order valence-corrected chi connectivity index (χ2v) is 5.91. The Morgan fingerprint density at radius 1 is 1.25 bits per heavy atom. The Labute approximate surface area is 140 Å². The molecular formula is C18H21FN2O3. The number of nitrogens with zero attached hydrogens (tertiary/aromatic N) is 2. The topological polar surface area (TPSA) is 45.9 Å². The van der Waals surface area contributed by atoms with E-state index in [2.05, 4.69) is 4.90 Å². The van der Waals surface area contributed by atoms with Crippen molar-refractivity contribution in [2.24, 2.45) is 0 Å². The number of rotatable bonds is 4. The third-order valence-corrected chi connectivity index (χ3v) is 4.39. The van der Waals surface area contributed by atoms with E-state index >= 15 is 0 Å². The number of carbonyl (C=O) groups is 1. The average Bonchev–Trinajstić information content (AvgIpc) is 3.01. The average molecular weight is 332 g/mol. The van der Waals surface area contributed by atoms with E-state index in [0.717, 1.165) is 18.7 Å². The van der Waals surface area contributed by atoms with Gasteiger partial charge in [-0.3, -0.25) is 9.69 Å². The largest absolute Gasteiger partial charge is 0.496 e. The van der Waals surface area contributed by atoms with Gasteiger partial charge in [0, 0.05) is 38.3 Å². The van der Waals surface area contributed by atoms with Crippen molar-refractivity contribution in [2.45, 2.75) is 13.5 Å². The Bertz CT molecular complexity index is 721. The molecule has 1 aromatic carbocycles. The number of ether oxygens (including phenoxy) is 1. The van der Waals surface area contributed by atoms with E-state index in [1.807, 2.05) is 4.90 Å². The quantitative estimate of drug-likeness (QED) is 0.864. The van der Waals surface area contributed by atoms with Gasteiger partial charge in [0.1, 0.15) is 17.3 Å². The van der Waals surface area contributed by atoms with Gasteiger partial charge in [0.25, 0.3) is 5.91 Å². The van der Waals surface area contributed by atoms with Gasteiger partial charge in [-0.1, -0.05) is 0 Å². The Morgan fingerprint density at radius 2 is 2.00 bits per heavy atom. The zero-order chi connectivity index (χ0) is 17.1. The van der Waals surface area contributed by atoms with Crippen LogP contribution in [0.15, 0.2) is 34.9 Å². The van der Waals surface area contributed by atoms with Crippen molar-refractivity contribution in [2.75, 3.05) is 33.3 Å². The van der Waals surface area contributed by atoms with E-state index in [-0.39, 0.29) is 11.7 Å². The Kier molecular flexibility index (Phi) is 4.85. The smallest absolute Gasteiger partial charge is 0.257 e. The fourth-order valence-electron chi connectivity index (χ4n) is 3.00. The summed E-state index contributed by atoms with van der Waals surface area (Å²) in [5.41, 5.74) is 1.44. The minimum atomic E-state index is -0.268. The number of methoxy groups -OCH3 is 1. The van der Waals surface area contributed by atoms with Gasteiger partial charge < -0.3 is 14.1 Å². The second kappa shape index (κ2) is 7.05. The van der Waals surface area contributed by atoms with E-state index in [9.17, 15) is 9.18 Å². The third kappa shape index (κ3) is 3.43. The van der Waals surface area contributed by atoms with Crippen LogP contribution < -0.4 is 4.74 Å². The standard InChI is InChI=1S/C18H21FN2O3/c1-13-16(5-10-24-13)18(22)21-8-6-20(7-9-21)12-14-11-15(19)3-4-17(14)23-2/h3-5,10-11H,6-9,12H2,1-2H3. The summed E-state index contributed by atoms with van der Waals surface area (Å²) >= 11 is 0. The minimum Gasteiger partial charge on any atom is -0.496 e. The van der Waals surface area contributed by atoms with Crippen molar-refractivity contribution >= 4 is 5.91 Å². The van der Waals surface area contributed by atoms with Gasteiger partial charge in [0.15, 0.2) is 0 Å². The molecule has 1 amide bonds. The summed E-state index contributed by atoms with van der Waals surface area (Å²) in [5, 5.41) is 0. The van der Waals surface area contributed by atoms with Crippen molar-refractivity contribution < 1.29 is 18.3 Å². The first kappa shape index (κ1) is 16.5. The number of hydrogen-bond donors (Lipinski definition) is 0. The highest BCUT2D eigenvalue weighted by Crippen LogP contribution is 2.22. The molecule has 128 valence electrons. The van der Waals surface area contributed by atoms with Crippen LogP contribution in [0.5, 0.6) is 5.75 Å². The van der Waals surface area contributed by atoms with Crippen molar-refractivity contribution in [1.29, 1.82) is 0 Å². The summed E-state index contributed by atoms with van der Waals surface area (Å²) in [7, 11) is 1.58. The first-order valence-electron chi connectivity index (χ1n) is 7.96. The summed E-state index contributed by atoms with van der Waals surface area (Å²) in [6.07, 6.45) is 1.54. The predicted octanol–water partition coefficient (Wildman–Crippen LogP) is 2.69. The molecule has 0 saturated carbocycles. The molecule has 0 radical (unpaired) electrons. The van der Waals surface area contributed by atoms with Crippen LogP contribution in [0.2, 0.25) is 0 Å². The van der Waals surface area contributed by atoms with Crippen molar-refractivity contribution in [1.82, 2.24) is 9.80 Å². The van der Waals surface area contributed by atoms with Gasteiger partial charge in [0.05, 0.1) is 18.9 Å². The molecule has 1 aromatic heterocycles. The predicted molar refractivity (Wildman–Crippen MR) is 87.6 cm³/mol. The molecule has 0 atom stereocenters. The monoisotopic (exact) mass is 332 g/mol. The van der Waals surface area contributed by atoms with Crippen molar-refractivity contribution in [3.05, 3.63) is 53.2 Å². The van der Waals surface area contributed by atoms with Crippen LogP contribution in [0.1, 0.15) is 21.7 Å². The molecule has 3 rings (SSSR count). The fourth-order valence-corrected chi connectivity index (χ4v) is 3.00. The molecule has 24 heavy (non-hydrogen) atoms. The van der Waals surface area contributed by atoms with Gasteiger partial charge in [-0.05, 0) is 31.2 Å². The van der Waals surface area contributed by atoms with Gasteiger partial charge in [0.2, 0.25) is 0 Å². The molecule has 1 fully saturated rings. The van der Waals surface area contributed by atoms with E-state index in [0.29, 0.717) is 36.7 Å². The van der Waals surface area contributed by atoms with Crippen LogP contribution in [-0.4, -0.2) is 49.0 Å². The van der Waals surface area contributed by atoms with E-state index in [1.165, 1.54) is 18.4 Å². The summed E-state index contributed by atoms with van der Waals surface area (Å²) in [4.78, 5) is 16.5. The molecule has 6 heteroatoms. The summed E-state index contributed by atoms with van der Waals surface area (Å²) in [6.45, 7) is 5.15. The molecule has 0 N–H and O–H groups in total. The SMILES string of the molecule is COc1ccc(F)cc1CN1CCN(C(=O)c2ccoc2C)CC1. The van der Waals surface area contributed by atoms with Crippen LogP contribution in [0, 0.1) is 12.7 Å². The van der Waals surface area contributed by atoms with Crippen molar-refractivity contribution in [3.8, 4) is 5.75 Å². The first-order chi connectivity index (χ1) is 11.6. The van der Waals surface area contributed by atoms with Crippen LogP contribution in [0.4, 0.5) is 4.39 Å². The number of piperazine rings is 1. The van der Waals surface area contributed by atoms with Crippen LogP contribution in [0.3, 0.4) is 0 Å². The molecule has 1 saturated heterocycles. The molecule has 5 nitrogen and oxygen atoms in total. The summed E-state index contributed by atoms with van der Waals surface area (Å²) in [5.74, 6) is 1.06. The highest BCUT2D eigenvalue weighted by atomic mass is 19.1. The zero-order valence-corrected chi connectivity index (χ0v) is 13.9. The molecule has 1 aliphatic rings. The van der Waals surface area contributed by atoms with E-state index in [4.69, 9.17) is 9.15 Å². The number of hydrogen-bond acceptors (Lipinski definition) is 4. The van der Waals surface area contributed by atoms with Crippen LogP contribution in [-0.2, 0) is 6.54 Å². The molecule has 1 aliphatic heterocycles. The van der Waals surface area contributed by atoms with Crippen molar-refractivity contribution in [3.63, 3.8) is 0 Å². The number of amides is 1. The van der Waals surface area contributed by atoms with Gasteiger partial charge >= 0.3 is 0 Å². The van der Waals surface area contributed by atoms with E-state index < -0.39 is 0 Å². The molecule has 2 aromatic rings. The molecule has 0 bridgehead atoms. The Hall–Kier alpha value is -2.34. The lowest BCUT2D eigenvalue weighted by Crippen LogP contribution is -2.48. The molecule has 0 aliphatic carbocycles. The molecule has 2 heterocycles. The number of halogens is 1. The summed E-state index contributed by atoms with van der Waals surface area (Å²) in [6, 6.07) is 6.26. The highest BCUT2D eigenvalue weighted by molar-refractivity contribution is 5.95. The highest BCUT2D eigenvalue weighted by Gasteiger charge is 2.24. The van der Waals surface area contributed by atoms with Crippen LogP contribution in [0.25, 0.3) is 0 Å². The van der Waals surface area contributed by atoms with Gasteiger partial charge in [-0.25, -0.2) is 4.39 Å². The first-order valence-corrected chi connectivity index (χ1v) is 7.96.